The summed E-state index contributed by atoms with van der Waals surface area (Å²) in [5.41, 5.74) is 0. The van der Waals surface area contributed by atoms with Gasteiger partial charge < -0.3 is 19.3 Å². The lowest BCUT2D eigenvalue weighted by Crippen LogP contribution is -2.41. The topological polar surface area (TPSA) is 24.9 Å². The lowest BCUT2D eigenvalue weighted by Gasteiger charge is -2.37. The molecule has 0 spiro atoms. The molecule has 108 valence electrons. The Hall–Kier alpha value is -0.160. The lowest BCUT2D eigenvalue weighted by molar-refractivity contribution is -0.253. The van der Waals surface area contributed by atoms with E-state index in [1.165, 1.54) is 19.3 Å². The van der Waals surface area contributed by atoms with E-state index < -0.39 is 0 Å². The molecule has 1 rings (SSSR count). The van der Waals surface area contributed by atoms with Crippen molar-refractivity contribution in [1.82, 2.24) is 9.80 Å². The summed E-state index contributed by atoms with van der Waals surface area (Å²) in [6.45, 7) is 3.43. The largest absolute Gasteiger partial charge is 0.349 e. The van der Waals surface area contributed by atoms with Gasteiger partial charge in [0.2, 0.25) is 0 Å². The summed E-state index contributed by atoms with van der Waals surface area (Å²) in [7, 11) is 8.29. The monoisotopic (exact) mass is 258 g/mol. The predicted molar refractivity (Wildman–Crippen MR) is 74.8 cm³/mol. The second kappa shape index (κ2) is 8.10. The Morgan fingerprint density at radius 1 is 0.778 bits per heavy atom. The molecule has 0 saturated heterocycles. The lowest BCUT2D eigenvalue weighted by atomic mass is 9.94. The molecule has 18 heavy (non-hydrogen) atoms. The minimum Gasteiger partial charge on any atom is -0.349 e. The predicted octanol–water partition coefficient (Wildman–Crippen LogP) is 1.80. The smallest absolute Gasteiger partial charge is 0.168 e. The Labute approximate surface area is 112 Å². The fourth-order valence-corrected chi connectivity index (χ4v) is 2.25. The number of hydrogen-bond donors (Lipinski definition) is 0. The van der Waals surface area contributed by atoms with Gasteiger partial charge in [-0.2, -0.15) is 0 Å². The normalized spacial score (nSPS) is 19.7. The van der Waals surface area contributed by atoms with Crippen LogP contribution in [0.25, 0.3) is 0 Å². The zero-order valence-electron chi connectivity index (χ0n) is 12.6. The van der Waals surface area contributed by atoms with Crippen molar-refractivity contribution in [3.05, 3.63) is 0 Å². The summed E-state index contributed by atoms with van der Waals surface area (Å²) in [6.07, 6.45) is 5.87. The summed E-state index contributed by atoms with van der Waals surface area (Å²) in [4.78, 5) is 4.30. The van der Waals surface area contributed by atoms with E-state index in [9.17, 15) is 0 Å². The van der Waals surface area contributed by atoms with E-state index in [2.05, 4.69) is 38.0 Å². The van der Waals surface area contributed by atoms with E-state index in [1.54, 1.807) is 0 Å². The molecule has 0 bridgehead atoms. The fourth-order valence-electron chi connectivity index (χ4n) is 2.25. The van der Waals surface area contributed by atoms with Gasteiger partial charge in [-0.15, -0.1) is 0 Å². The maximum atomic E-state index is 6.08. The van der Waals surface area contributed by atoms with Gasteiger partial charge in [0, 0.05) is 25.9 Å². The van der Waals surface area contributed by atoms with Gasteiger partial charge in [-0.25, -0.2) is 0 Å². The van der Waals surface area contributed by atoms with Crippen LogP contribution in [-0.4, -0.2) is 70.1 Å². The second-order valence-corrected chi connectivity index (χ2v) is 5.77. The van der Waals surface area contributed by atoms with Crippen molar-refractivity contribution >= 4 is 0 Å². The van der Waals surface area contributed by atoms with E-state index >= 15 is 0 Å². The zero-order valence-corrected chi connectivity index (χ0v) is 12.6. The molecule has 0 unspecified atom stereocenters. The van der Waals surface area contributed by atoms with E-state index in [0.717, 1.165) is 39.1 Å². The van der Waals surface area contributed by atoms with Crippen LogP contribution < -0.4 is 0 Å². The fraction of sp³-hybridized carbons (Fsp3) is 1.00. The summed E-state index contributed by atoms with van der Waals surface area (Å²) in [5, 5.41) is 0. The van der Waals surface area contributed by atoms with E-state index in [0.29, 0.717) is 0 Å². The van der Waals surface area contributed by atoms with E-state index in [-0.39, 0.29) is 5.79 Å². The number of rotatable bonds is 8. The van der Waals surface area contributed by atoms with Crippen LogP contribution >= 0.6 is 0 Å². The molecule has 0 aromatic carbocycles. The first-order valence-corrected chi connectivity index (χ1v) is 7.11. The van der Waals surface area contributed by atoms with Gasteiger partial charge in [-0.3, -0.25) is 0 Å². The van der Waals surface area contributed by atoms with Gasteiger partial charge in [0.1, 0.15) is 0 Å². The molecule has 0 radical (unpaired) electrons. The average Bonchev–Trinajstić information content (AvgIpc) is 2.29. The van der Waals surface area contributed by atoms with Gasteiger partial charge >= 0.3 is 0 Å². The first-order valence-electron chi connectivity index (χ1n) is 7.11. The number of hydrogen-bond acceptors (Lipinski definition) is 4. The van der Waals surface area contributed by atoms with Crippen LogP contribution in [0.15, 0.2) is 0 Å². The van der Waals surface area contributed by atoms with Crippen LogP contribution in [0.5, 0.6) is 0 Å². The third-order valence-electron chi connectivity index (χ3n) is 3.42. The van der Waals surface area contributed by atoms with Crippen LogP contribution in [0.4, 0.5) is 0 Å². The van der Waals surface area contributed by atoms with Crippen molar-refractivity contribution < 1.29 is 9.47 Å². The Morgan fingerprint density at radius 3 is 1.61 bits per heavy atom. The van der Waals surface area contributed by atoms with Crippen molar-refractivity contribution in [2.45, 2.75) is 37.9 Å². The van der Waals surface area contributed by atoms with Crippen molar-refractivity contribution in [3.8, 4) is 0 Å². The van der Waals surface area contributed by atoms with E-state index in [4.69, 9.17) is 9.47 Å². The van der Waals surface area contributed by atoms with E-state index in [1.807, 2.05) is 0 Å². The maximum absolute atomic E-state index is 6.08. The molecule has 0 N–H and O–H groups in total. The van der Waals surface area contributed by atoms with Gasteiger partial charge in [-0.1, -0.05) is 6.42 Å². The highest BCUT2D eigenvalue weighted by molar-refractivity contribution is 4.76. The molecule has 4 nitrogen and oxygen atoms in total. The van der Waals surface area contributed by atoms with Crippen LogP contribution in [0.3, 0.4) is 0 Å². The van der Waals surface area contributed by atoms with Gasteiger partial charge in [0.25, 0.3) is 0 Å². The molecular formula is C14H30N2O2. The molecule has 4 heteroatoms. The van der Waals surface area contributed by atoms with Crippen LogP contribution in [-0.2, 0) is 9.47 Å². The SMILES string of the molecule is CN(C)CCOC1(OCCN(C)C)CCCCC1. The molecular weight excluding hydrogens is 228 g/mol. The molecule has 0 heterocycles. The van der Waals surface area contributed by atoms with Crippen molar-refractivity contribution in [2.24, 2.45) is 0 Å². The zero-order chi connectivity index (χ0) is 13.4. The summed E-state index contributed by atoms with van der Waals surface area (Å²) >= 11 is 0. The number of ether oxygens (including phenoxy) is 2. The highest BCUT2D eigenvalue weighted by atomic mass is 16.7. The molecule has 1 fully saturated rings. The highest BCUT2D eigenvalue weighted by Crippen LogP contribution is 2.32. The molecule has 1 aliphatic rings. The minimum absolute atomic E-state index is 0.301. The average molecular weight is 258 g/mol. The Morgan fingerprint density at radius 2 is 1.22 bits per heavy atom. The molecule has 0 amide bonds. The third kappa shape index (κ3) is 6.14. The minimum atomic E-state index is -0.301. The second-order valence-electron chi connectivity index (χ2n) is 5.77. The molecule has 0 atom stereocenters. The Balaban J connectivity index is 2.36. The Bertz CT molecular complexity index is 198. The molecule has 0 aromatic rings. The van der Waals surface area contributed by atoms with Crippen molar-refractivity contribution in [3.63, 3.8) is 0 Å². The van der Waals surface area contributed by atoms with Crippen LogP contribution in [0.2, 0.25) is 0 Å². The van der Waals surface area contributed by atoms with Crippen molar-refractivity contribution in [2.75, 3.05) is 54.5 Å². The maximum Gasteiger partial charge on any atom is 0.168 e. The standard InChI is InChI=1S/C14H30N2O2/c1-15(2)10-12-17-14(8-6-5-7-9-14)18-13-11-16(3)4/h5-13H2,1-4H3. The van der Waals surface area contributed by atoms with Crippen molar-refractivity contribution in [1.29, 1.82) is 0 Å². The summed E-state index contributed by atoms with van der Waals surface area (Å²) in [5.74, 6) is -0.301. The quantitative estimate of drug-likeness (QED) is 0.620. The highest BCUT2D eigenvalue weighted by Gasteiger charge is 2.33. The molecule has 0 aromatic heterocycles. The summed E-state index contributed by atoms with van der Waals surface area (Å²) in [6, 6.07) is 0. The molecule has 1 saturated carbocycles. The number of nitrogens with zero attached hydrogens (tertiary/aromatic N) is 2. The Kier molecular flexibility index (Phi) is 7.15. The van der Waals surface area contributed by atoms with Gasteiger partial charge in [0.15, 0.2) is 5.79 Å². The third-order valence-corrected chi connectivity index (χ3v) is 3.42. The van der Waals surface area contributed by atoms with Crippen LogP contribution in [0.1, 0.15) is 32.1 Å². The summed E-state index contributed by atoms with van der Waals surface area (Å²) < 4.78 is 12.2. The number of likely N-dealkylation sites (N-methyl/N-ethyl adjacent to an activating group) is 2. The first-order chi connectivity index (χ1) is 8.54. The van der Waals surface area contributed by atoms with Crippen LogP contribution in [0, 0.1) is 0 Å². The van der Waals surface area contributed by atoms with Gasteiger partial charge in [0.05, 0.1) is 13.2 Å². The first kappa shape index (κ1) is 15.9. The van der Waals surface area contributed by atoms with Gasteiger partial charge in [-0.05, 0) is 41.0 Å². The molecule has 0 aliphatic heterocycles. The molecule has 1 aliphatic carbocycles.